The van der Waals surface area contributed by atoms with Crippen LogP contribution in [-0.2, 0) is 4.74 Å². The highest BCUT2D eigenvalue weighted by atomic mass is 16.5. The summed E-state index contributed by atoms with van der Waals surface area (Å²) >= 11 is 0. The van der Waals surface area contributed by atoms with Crippen molar-refractivity contribution in [1.82, 2.24) is 10.2 Å². The van der Waals surface area contributed by atoms with E-state index in [9.17, 15) is 9.90 Å². The van der Waals surface area contributed by atoms with Gasteiger partial charge in [0.05, 0.1) is 12.2 Å². The molecular formula is C19H30N2O3. The minimum absolute atomic E-state index is 0.0311. The van der Waals surface area contributed by atoms with Gasteiger partial charge in [0, 0.05) is 32.2 Å². The molecule has 0 spiro atoms. The normalized spacial score (nSPS) is 20.5. The largest absolute Gasteiger partial charge is 0.393 e. The Kier molecular flexibility index (Phi) is 7.53. The highest BCUT2D eigenvalue weighted by Crippen LogP contribution is 2.19. The maximum Gasteiger partial charge on any atom is 0.317 e. The van der Waals surface area contributed by atoms with Gasteiger partial charge in [0.25, 0.3) is 0 Å². The fraction of sp³-hybridized carbons (Fsp3) is 0.632. The molecule has 5 heteroatoms. The lowest BCUT2D eigenvalue weighted by Gasteiger charge is -2.34. The molecule has 3 unspecified atom stereocenters. The molecule has 0 saturated carbocycles. The first-order valence-corrected chi connectivity index (χ1v) is 8.95. The molecule has 1 aromatic carbocycles. The van der Waals surface area contributed by atoms with Crippen LogP contribution in [0.4, 0.5) is 4.79 Å². The van der Waals surface area contributed by atoms with E-state index >= 15 is 0 Å². The zero-order valence-electron chi connectivity index (χ0n) is 14.8. The summed E-state index contributed by atoms with van der Waals surface area (Å²) in [6.07, 6.45) is 2.45. The average molecular weight is 334 g/mol. The summed E-state index contributed by atoms with van der Waals surface area (Å²) < 4.78 is 5.81. The molecule has 1 aromatic rings. The number of likely N-dealkylation sites (tertiary alicyclic amines) is 1. The number of aliphatic hydroxyl groups is 1. The van der Waals surface area contributed by atoms with Gasteiger partial charge in [0.1, 0.15) is 0 Å². The van der Waals surface area contributed by atoms with Crippen LogP contribution in [0, 0.1) is 5.92 Å². The molecule has 134 valence electrons. The quantitative estimate of drug-likeness (QED) is 0.754. The van der Waals surface area contributed by atoms with Crippen LogP contribution < -0.4 is 5.32 Å². The lowest BCUT2D eigenvalue weighted by molar-refractivity contribution is 0.0629. The maximum absolute atomic E-state index is 12.2. The van der Waals surface area contributed by atoms with Gasteiger partial charge in [-0.15, -0.1) is 0 Å². The van der Waals surface area contributed by atoms with Crippen LogP contribution in [0.25, 0.3) is 0 Å². The van der Waals surface area contributed by atoms with E-state index in [1.807, 2.05) is 30.0 Å². The number of ether oxygens (including phenoxy) is 1. The molecule has 2 rings (SSSR count). The number of aliphatic hydroxyl groups excluding tert-OH is 1. The van der Waals surface area contributed by atoms with Crippen LogP contribution in [0.15, 0.2) is 30.3 Å². The predicted molar refractivity (Wildman–Crippen MR) is 94.8 cm³/mol. The molecule has 24 heavy (non-hydrogen) atoms. The second-order valence-electron chi connectivity index (χ2n) is 6.60. The van der Waals surface area contributed by atoms with E-state index in [-0.39, 0.29) is 24.2 Å². The highest BCUT2D eigenvalue weighted by Gasteiger charge is 2.26. The highest BCUT2D eigenvalue weighted by molar-refractivity contribution is 5.74. The zero-order valence-corrected chi connectivity index (χ0v) is 14.8. The monoisotopic (exact) mass is 334 g/mol. The third kappa shape index (κ3) is 5.80. The van der Waals surface area contributed by atoms with E-state index in [0.717, 1.165) is 25.8 Å². The van der Waals surface area contributed by atoms with Gasteiger partial charge in [-0.25, -0.2) is 4.79 Å². The van der Waals surface area contributed by atoms with Crippen molar-refractivity contribution in [1.29, 1.82) is 0 Å². The van der Waals surface area contributed by atoms with Gasteiger partial charge in [-0.05, 0) is 38.7 Å². The second kappa shape index (κ2) is 9.64. The Morgan fingerprint density at radius 1 is 1.38 bits per heavy atom. The van der Waals surface area contributed by atoms with E-state index < -0.39 is 0 Å². The molecule has 0 bridgehead atoms. The maximum atomic E-state index is 12.2. The van der Waals surface area contributed by atoms with Crippen molar-refractivity contribution < 1.29 is 14.6 Å². The van der Waals surface area contributed by atoms with E-state index in [4.69, 9.17) is 4.74 Å². The molecule has 0 radical (unpaired) electrons. The second-order valence-corrected chi connectivity index (χ2v) is 6.60. The summed E-state index contributed by atoms with van der Waals surface area (Å²) in [7, 11) is 0. The Balaban J connectivity index is 1.61. The third-order valence-electron chi connectivity index (χ3n) is 4.66. The van der Waals surface area contributed by atoms with Crippen molar-refractivity contribution in [2.75, 3.05) is 26.2 Å². The van der Waals surface area contributed by atoms with Crippen LogP contribution in [0.5, 0.6) is 0 Å². The molecule has 1 fully saturated rings. The third-order valence-corrected chi connectivity index (χ3v) is 4.66. The molecule has 1 aliphatic rings. The number of benzene rings is 1. The van der Waals surface area contributed by atoms with Crippen LogP contribution in [0.3, 0.4) is 0 Å². The Morgan fingerprint density at radius 2 is 2.12 bits per heavy atom. The first kappa shape index (κ1) is 18.7. The Hall–Kier alpha value is -1.59. The Labute approximate surface area is 145 Å². The van der Waals surface area contributed by atoms with E-state index in [2.05, 4.69) is 17.4 Å². The zero-order chi connectivity index (χ0) is 17.4. The van der Waals surface area contributed by atoms with E-state index in [1.165, 1.54) is 5.56 Å². The predicted octanol–water partition coefficient (Wildman–Crippen LogP) is 2.96. The van der Waals surface area contributed by atoms with E-state index in [1.54, 1.807) is 6.92 Å². The number of amides is 2. The SMILES string of the molecule is CC(OCCCNC(=O)N1CCCC(C(C)O)C1)c1ccccc1. The van der Waals surface area contributed by atoms with Gasteiger partial charge in [0.2, 0.25) is 0 Å². The topological polar surface area (TPSA) is 61.8 Å². The van der Waals surface area contributed by atoms with Gasteiger partial charge in [-0.3, -0.25) is 0 Å². The number of urea groups is 1. The van der Waals surface area contributed by atoms with Gasteiger partial charge in [-0.2, -0.15) is 0 Å². The fourth-order valence-corrected chi connectivity index (χ4v) is 3.05. The summed E-state index contributed by atoms with van der Waals surface area (Å²) in [5.41, 5.74) is 1.17. The summed E-state index contributed by atoms with van der Waals surface area (Å²) in [5, 5.41) is 12.6. The van der Waals surface area contributed by atoms with Crippen LogP contribution in [0.1, 0.15) is 44.8 Å². The van der Waals surface area contributed by atoms with Crippen LogP contribution >= 0.6 is 0 Å². The summed E-state index contributed by atoms with van der Waals surface area (Å²) in [4.78, 5) is 14.0. The first-order valence-electron chi connectivity index (χ1n) is 8.95. The number of carbonyl (C=O) groups is 1. The Morgan fingerprint density at radius 3 is 2.83 bits per heavy atom. The standard InChI is InChI=1S/C19H30N2O3/c1-15(22)18-10-6-12-21(14-18)19(23)20-11-7-13-24-16(2)17-8-4-3-5-9-17/h3-5,8-9,15-16,18,22H,6-7,10-14H2,1-2H3,(H,20,23). The van der Waals surface area contributed by atoms with Crippen LogP contribution in [0.2, 0.25) is 0 Å². The molecule has 5 nitrogen and oxygen atoms in total. The van der Waals surface area contributed by atoms with Gasteiger partial charge in [-0.1, -0.05) is 30.3 Å². The lowest BCUT2D eigenvalue weighted by atomic mass is 9.94. The number of nitrogens with zero attached hydrogens (tertiary/aromatic N) is 1. The number of rotatable bonds is 7. The molecule has 2 amide bonds. The van der Waals surface area contributed by atoms with Gasteiger partial charge >= 0.3 is 6.03 Å². The van der Waals surface area contributed by atoms with Gasteiger partial charge < -0.3 is 20.1 Å². The number of hydrogen-bond acceptors (Lipinski definition) is 3. The summed E-state index contributed by atoms with van der Waals surface area (Å²) in [6.45, 7) is 6.49. The molecule has 1 heterocycles. The van der Waals surface area contributed by atoms with Crippen LogP contribution in [-0.4, -0.2) is 48.4 Å². The molecule has 3 atom stereocenters. The summed E-state index contributed by atoms with van der Waals surface area (Å²) in [6, 6.07) is 10.1. The summed E-state index contributed by atoms with van der Waals surface area (Å²) in [5.74, 6) is 0.194. The molecule has 0 aliphatic carbocycles. The van der Waals surface area contributed by atoms with Crippen molar-refractivity contribution in [3.8, 4) is 0 Å². The number of hydrogen-bond donors (Lipinski definition) is 2. The fourth-order valence-electron chi connectivity index (χ4n) is 3.05. The minimum atomic E-state index is -0.353. The smallest absolute Gasteiger partial charge is 0.317 e. The molecule has 2 N–H and O–H groups in total. The van der Waals surface area contributed by atoms with Crippen molar-refractivity contribution in [3.05, 3.63) is 35.9 Å². The average Bonchev–Trinajstić information content (AvgIpc) is 2.62. The van der Waals surface area contributed by atoms with Crippen molar-refractivity contribution in [2.45, 2.75) is 45.3 Å². The first-order chi connectivity index (χ1) is 11.6. The molecule has 1 aliphatic heterocycles. The van der Waals surface area contributed by atoms with E-state index in [0.29, 0.717) is 19.7 Å². The van der Waals surface area contributed by atoms with Crippen molar-refractivity contribution >= 4 is 6.03 Å². The van der Waals surface area contributed by atoms with Gasteiger partial charge in [0.15, 0.2) is 0 Å². The lowest BCUT2D eigenvalue weighted by Crippen LogP contribution is -2.47. The molecular weight excluding hydrogens is 304 g/mol. The minimum Gasteiger partial charge on any atom is -0.393 e. The number of carbonyl (C=O) groups excluding carboxylic acids is 1. The number of nitrogens with one attached hydrogen (secondary N) is 1. The Bertz CT molecular complexity index is 493. The molecule has 0 aromatic heterocycles. The van der Waals surface area contributed by atoms with Crippen molar-refractivity contribution in [2.24, 2.45) is 5.92 Å². The number of piperidine rings is 1. The van der Waals surface area contributed by atoms with Crippen molar-refractivity contribution in [3.63, 3.8) is 0 Å². The molecule has 1 saturated heterocycles.